The lowest BCUT2D eigenvalue weighted by molar-refractivity contribution is 0.582. The van der Waals surface area contributed by atoms with Crippen molar-refractivity contribution in [2.24, 2.45) is 0 Å². The molecule has 0 unspecified atom stereocenters. The molecule has 4 aromatic rings. The summed E-state index contributed by atoms with van der Waals surface area (Å²) in [7, 11) is 0. The number of aromatic nitrogens is 6. The highest BCUT2D eigenvalue weighted by Gasteiger charge is 2.16. The largest absolute Gasteiger partial charge is 0.340 e. The van der Waals surface area contributed by atoms with Crippen molar-refractivity contribution in [1.82, 2.24) is 35.0 Å². The number of benzene rings is 1. The summed E-state index contributed by atoms with van der Waals surface area (Å²) < 4.78 is 1.43. The van der Waals surface area contributed by atoms with E-state index >= 15 is 0 Å². The molecular weight excluding hydrogens is 344 g/mol. The van der Waals surface area contributed by atoms with Crippen molar-refractivity contribution in [1.29, 1.82) is 0 Å². The van der Waals surface area contributed by atoms with Gasteiger partial charge in [0, 0.05) is 38.6 Å². The summed E-state index contributed by atoms with van der Waals surface area (Å²) in [5.74, 6) is 0.726. The lowest BCUT2D eigenvalue weighted by Gasteiger charge is -2.26. The second-order valence-corrected chi connectivity index (χ2v) is 6.55. The van der Waals surface area contributed by atoms with Gasteiger partial charge in [-0.2, -0.15) is 5.10 Å². The third-order valence-electron chi connectivity index (χ3n) is 4.77. The maximum absolute atomic E-state index is 12.9. The second-order valence-electron chi connectivity index (χ2n) is 6.55. The van der Waals surface area contributed by atoms with E-state index in [2.05, 4.69) is 35.3 Å². The summed E-state index contributed by atoms with van der Waals surface area (Å²) in [6, 6.07) is 5.77. The van der Waals surface area contributed by atoms with Crippen molar-refractivity contribution >= 4 is 28.0 Å². The number of H-pyrrole nitrogens is 1. The van der Waals surface area contributed by atoms with Crippen molar-refractivity contribution in [3.63, 3.8) is 0 Å². The number of imidazole rings is 1. The number of aromatic amines is 1. The molecule has 0 aliphatic carbocycles. The standard InChI is InChI=1S/C18H18N8O/c27-17-16-15(23-18(24-16)25-7-5-19-6-8-25)10-22-26(17)11-12-1-2-13-14(9-12)21-4-3-20-13/h1-4,9-10,19H,5-8,11H2,(H,23,24). The molecule has 0 spiro atoms. The molecule has 3 aromatic heterocycles. The Hall–Kier alpha value is -3.33. The maximum atomic E-state index is 12.9. The van der Waals surface area contributed by atoms with Crippen LogP contribution >= 0.6 is 0 Å². The van der Waals surface area contributed by atoms with Gasteiger partial charge in [-0.25, -0.2) is 9.67 Å². The predicted octanol–water partition coefficient (Wildman–Crippen LogP) is 0.521. The quantitative estimate of drug-likeness (QED) is 0.547. The predicted molar refractivity (Wildman–Crippen MR) is 102 cm³/mol. The summed E-state index contributed by atoms with van der Waals surface area (Å²) in [4.78, 5) is 31.3. The maximum Gasteiger partial charge on any atom is 0.295 e. The molecule has 1 fully saturated rings. The van der Waals surface area contributed by atoms with Gasteiger partial charge in [-0.05, 0) is 17.7 Å². The molecule has 0 bridgehead atoms. The Kier molecular flexibility index (Phi) is 3.79. The minimum absolute atomic E-state index is 0.204. The van der Waals surface area contributed by atoms with Gasteiger partial charge in [0.1, 0.15) is 0 Å². The number of hydrogen-bond donors (Lipinski definition) is 2. The highest BCUT2D eigenvalue weighted by molar-refractivity contribution is 5.76. The van der Waals surface area contributed by atoms with E-state index in [1.807, 2.05) is 18.2 Å². The van der Waals surface area contributed by atoms with Gasteiger partial charge in [-0.3, -0.25) is 14.8 Å². The van der Waals surface area contributed by atoms with Gasteiger partial charge >= 0.3 is 0 Å². The van der Waals surface area contributed by atoms with E-state index < -0.39 is 0 Å². The molecule has 136 valence electrons. The zero-order valence-electron chi connectivity index (χ0n) is 14.6. The SMILES string of the molecule is O=c1c2nc(N3CCNCC3)[nH]c2cnn1Cc1ccc2nccnc2c1. The first-order chi connectivity index (χ1) is 13.3. The molecule has 1 saturated heterocycles. The molecule has 9 nitrogen and oxygen atoms in total. The molecule has 4 heterocycles. The molecule has 0 amide bonds. The van der Waals surface area contributed by atoms with Crippen LogP contribution in [0.3, 0.4) is 0 Å². The number of anilines is 1. The number of fused-ring (bicyclic) bond motifs is 2. The smallest absolute Gasteiger partial charge is 0.295 e. The van der Waals surface area contributed by atoms with E-state index in [1.54, 1.807) is 18.6 Å². The Labute approximate surface area is 154 Å². The minimum Gasteiger partial charge on any atom is -0.340 e. The van der Waals surface area contributed by atoms with Gasteiger partial charge in [0.05, 0.1) is 29.3 Å². The number of nitrogens with zero attached hydrogens (tertiary/aromatic N) is 6. The Morgan fingerprint density at radius 3 is 2.74 bits per heavy atom. The Bertz CT molecular complexity index is 1170. The van der Waals surface area contributed by atoms with Crippen LogP contribution in [0.2, 0.25) is 0 Å². The van der Waals surface area contributed by atoms with Gasteiger partial charge < -0.3 is 15.2 Å². The molecule has 9 heteroatoms. The van der Waals surface area contributed by atoms with Gasteiger partial charge in [-0.15, -0.1) is 0 Å². The molecule has 0 radical (unpaired) electrons. The van der Waals surface area contributed by atoms with Crippen LogP contribution in [0.25, 0.3) is 22.1 Å². The fourth-order valence-electron chi connectivity index (χ4n) is 3.35. The van der Waals surface area contributed by atoms with E-state index in [4.69, 9.17) is 0 Å². The highest BCUT2D eigenvalue weighted by atomic mass is 16.1. The summed E-state index contributed by atoms with van der Waals surface area (Å²) in [6.07, 6.45) is 4.98. The lowest BCUT2D eigenvalue weighted by atomic mass is 10.2. The van der Waals surface area contributed by atoms with Crippen LogP contribution < -0.4 is 15.8 Å². The first kappa shape index (κ1) is 15.9. The lowest BCUT2D eigenvalue weighted by Crippen LogP contribution is -2.44. The molecular formula is C18H18N8O. The van der Waals surface area contributed by atoms with E-state index in [1.165, 1.54) is 4.68 Å². The Morgan fingerprint density at radius 1 is 1.07 bits per heavy atom. The van der Waals surface area contributed by atoms with Gasteiger partial charge in [0.25, 0.3) is 5.56 Å². The van der Waals surface area contributed by atoms with Crippen molar-refractivity contribution in [2.45, 2.75) is 6.54 Å². The fraction of sp³-hybridized carbons (Fsp3) is 0.278. The van der Waals surface area contributed by atoms with E-state index in [0.29, 0.717) is 17.6 Å². The highest BCUT2D eigenvalue weighted by Crippen LogP contribution is 2.15. The third kappa shape index (κ3) is 2.91. The monoisotopic (exact) mass is 362 g/mol. The molecule has 2 N–H and O–H groups in total. The van der Waals surface area contributed by atoms with Crippen LogP contribution in [0.1, 0.15) is 5.56 Å². The summed E-state index contributed by atoms with van der Waals surface area (Å²) in [5.41, 5.74) is 3.43. The van der Waals surface area contributed by atoms with Crippen molar-refractivity contribution in [3.05, 3.63) is 52.7 Å². The van der Waals surface area contributed by atoms with E-state index in [0.717, 1.165) is 48.7 Å². The number of piperazine rings is 1. The summed E-state index contributed by atoms with van der Waals surface area (Å²) in [6.45, 7) is 3.89. The third-order valence-corrected chi connectivity index (χ3v) is 4.77. The fourth-order valence-corrected chi connectivity index (χ4v) is 3.35. The zero-order valence-corrected chi connectivity index (χ0v) is 14.6. The average molecular weight is 362 g/mol. The number of nitrogens with one attached hydrogen (secondary N) is 2. The average Bonchev–Trinajstić information content (AvgIpc) is 3.16. The number of rotatable bonds is 3. The van der Waals surface area contributed by atoms with Gasteiger partial charge in [-0.1, -0.05) is 6.07 Å². The van der Waals surface area contributed by atoms with Gasteiger partial charge in [0.2, 0.25) is 5.95 Å². The zero-order chi connectivity index (χ0) is 18.2. The molecule has 0 atom stereocenters. The van der Waals surface area contributed by atoms with Crippen LogP contribution in [-0.2, 0) is 6.54 Å². The summed E-state index contributed by atoms with van der Waals surface area (Å²) >= 11 is 0. The minimum atomic E-state index is -0.204. The molecule has 1 aliphatic heterocycles. The number of hydrogen-bond acceptors (Lipinski definition) is 7. The first-order valence-corrected chi connectivity index (χ1v) is 8.89. The second kappa shape index (κ2) is 6.44. The molecule has 1 aliphatic rings. The van der Waals surface area contributed by atoms with Crippen LogP contribution in [0.5, 0.6) is 0 Å². The van der Waals surface area contributed by atoms with Crippen LogP contribution in [0.4, 0.5) is 5.95 Å². The van der Waals surface area contributed by atoms with Crippen molar-refractivity contribution in [3.8, 4) is 0 Å². The van der Waals surface area contributed by atoms with Crippen molar-refractivity contribution < 1.29 is 0 Å². The Balaban J connectivity index is 1.49. The Morgan fingerprint density at radius 2 is 1.89 bits per heavy atom. The summed E-state index contributed by atoms with van der Waals surface area (Å²) in [5, 5.41) is 7.61. The molecule has 5 rings (SSSR count). The topological polar surface area (TPSA) is 105 Å². The van der Waals surface area contributed by atoms with Crippen LogP contribution in [0.15, 0.2) is 41.6 Å². The van der Waals surface area contributed by atoms with Crippen LogP contribution in [0, 0.1) is 0 Å². The molecule has 0 saturated carbocycles. The molecule has 27 heavy (non-hydrogen) atoms. The first-order valence-electron chi connectivity index (χ1n) is 8.89. The molecule has 1 aromatic carbocycles. The normalized spacial score (nSPS) is 14.9. The van der Waals surface area contributed by atoms with Crippen molar-refractivity contribution in [2.75, 3.05) is 31.1 Å². The van der Waals surface area contributed by atoms with E-state index in [-0.39, 0.29) is 5.56 Å². The van der Waals surface area contributed by atoms with E-state index in [9.17, 15) is 4.79 Å². The van der Waals surface area contributed by atoms with Crippen LogP contribution in [-0.4, -0.2) is 55.9 Å². The van der Waals surface area contributed by atoms with Gasteiger partial charge in [0.15, 0.2) is 5.52 Å².